The zero-order valence-corrected chi connectivity index (χ0v) is 15.6. The average molecular weight is 434 g/mol. The van der Waals surface area contributed by atoms with Gasteiger partial charge in [-0.15, -0.1) is 10.2 Å². The topological polar surface area (TPSA) is 97.0 Å². The van der Waals surface area contributed by atoms with Crippen molar-refractivity contribution >= 4 is 11.9 Å². The highest BCUT2D eigenvalue weighted by atomic mass is 19.3. The molecule has 1 aromatic carbocycles. The summed E-state index contributed by atoms with van der Waals surface area (Å²) in [6, 6.07) is 5.58. The van der Waals surface area contributed by atoms with Crippen molar-refractivity contribution in [2.75, 3.05) is 18.4 Å². The number of alkyl halides is 2. The molecule has 31 heavy (non-hydrogen) atoms. The largest absolute Gasteiger partial charge is 0.415 e. The van der Waals surface area contributed by atoms with Gasteiger partial charge in [0.1, 0.15) is 5.82 Å². The third-order valence-electron chi connectivity index (χ3n) is 4.68. The molecule has 1 aliphatic rings. The van der Waals surface area contributed by atoms with Crippen molar-refractivity contribution in [1.82, 2.24) is 25.1 Å². The Balaban J connectivity index is 0.00000272. The van der Waals surface area contributed by atoms with Crippen LogP contribution in [0.15, 0.2) is 41.1 Å². The first kappa shape index (κ1) is 22.2. The second kappa shape index (κ2) is 9.54. The summed E-state index contributed by atoms with van der Waals surface area (Å²) in [4.78, 5) is 22.1. The minimum atomic E-state index is -2.86. The Morgan fingerprint density at radius 1 is 1.13 bits per heavy atom. The Labute approximate surface area is 176 Å². The van der Waals surface area contributed by atoms with E-state index in [2.05, 4.69) is 25.5 Å². The molecule has 0 spiro atoms. The molecule has 11 heteroatoms. The molecule has 164 valence electrons. The summed E-state index contributed by atoms with van der Waals surface area (Å²) in [5.74, 6) is -0.953. The van der Waals surface area contributed by atoms with Crippen LogP contribution in [0.25, 0.3) is 11.5 Å². The van der Waals surface area contributed by atoms with E-state index in [1.807, 2.05) is 0 Å². The number of amides is 1. The second-order valence-electron chi connectivity index (χ2n) is 6.73. The molecule has 0 saturated carbocycles. The molecular formula is C20H21F3N6O2. The smallest absolute Gasteiger partial charge is 0.314 e. The van der Waals surface area contributed by atoms with Gasteiger partial charge in [-0.1, -0.05) is 19.6 Å². The van der Waals surface area contributed by atoms with Crippen molar-refractivity contribution in [1.29, 1.82) is 0 Å². The standard InChI is InChI=1S/C19H17F3N6O2.CH4/c20-13-5-3-11(4-6-13)14(10-28-7-1-2-15(28)29)25-19-23-8-12(9-24-19)17-26-27-18(30-17)16(21)22;/h3-6,8-9,14,16H,1-2,7,10H2,(H,23,24,25);1H4. The number of nitrogens with zero attached hydrogens (tertiary/aromatic N) is 5. The van der Waals surface area contributed by atoms with Gasteiger partial charge in [0.2, 0.25) is 11.9 Å². The van der Waals surface area contributed by atoms with E-state index in [-0.39, 0.29) is 42.6 Å². The van der Waals surface area contributed by atoms with Gasteiger partial charge in [0.05, 0.1) is 11.6 Å². The Morgan fingerprint density at radius 3 is 2.42 bits per heavy atom. The van der Waals surface area contributed by atoms with Gasteiger partial charge in [-0.25, -0.2) is 14.4 Å². The normalized spacial score (nSPS) is 14.6. The van der Waals surface area contributed by atoms with E-state index in [9.17, 15) is 18.0 Å². The number of aromatic nitrogens is 4. The molecule has 3 heterocycles. The van der Waals surface area contributed by atoms with Crippen LogP contribution in [0.1, 0.15) is 44.2 Å². The van der Waals surface area contributed by atoms with Gasteiger partial charge in [0, 0.05) is 31.9 Å². The van der Waals surface area contributed by atoms with Crippen molar-refractivity contribution in [3.8, 4) is 11.5 Å². The molecule has 4 rings (SSSR count). The maximum absolute atomic E-state index is 13.3. The van der Waals surface area contributed by atoms with E-state index in [1.165, 1.54) is 24.5 Å². The molecule has 0 radical (unpaired) electrons. The van der Waals surface area contributed by atoms with Crippen LogP contribution in [-0.2, 0) is 4.79 Å². The summed E-state index contributed by atoms with van der Waals surface area (Å²) in [6.07, 6.45) is 1.16. The number of benzene rings is 1. The molecular weight excluding hydrogens is 413 g/mol. The zero-order valence-electron chi connectivity index (χ0n) is 15.6. The maximum atomic E-state index is 13.3. The SMILES string of the molecule is C.O=C1CCCN1CC(Nc1ncc(-c2nnc(C(F)F)o2)cn1)c1ccc(F)cc1. The van der Waals surface area contributed by atoms with E-state index >= 15 is 0 Å². The number of nitrogens with one attached hydrogen (secondary N) is 1. The van der Waals surface area contributed by atoms with Gasteiger partial charge in [-0.3, -0.25) is 4.79 Å². The number of carbonyl (C=O) groups is 1. The molecule has 1 aliphatic heterocycles. The number of anilines is 1. The monoisotopic (exact) mass is 434 g/mol. The lowest BCUT2D eigenvalue weighted by molar-refractivity contribution is -0.127. The number of hydrogen-bond acceptors (Lipinski definition) is 7. The van der Waals surface area contributed by atoms with E-state index in [0.717, 1.165) is 12.0 Å². The van der Waals surface area contributed by atoms with Crippen molar-refractivity contribution in [3.05, 3.63) is 53.9 Å². The highest BCUT2D eigenvalue weighted by Gasteiger charge is 2.25. The second-order valence-corrected chi connectivity index (χ2v) is 6.73. The molecule has 2 aromatic heterocycles. The van der Waals surface area contributed by atoms with Crippen LogP contribution in [0.3, 0.4) is 0 Å². The molecule has 3 aromatic rings. The van der Waals surface area contributed by atoms with Crippen LogP contribution >= 0.6 is 0 Å². The number of rotatable bonds is 7. The quantitative estimate of drug-likeness (QED) is 0.600. The third-order valence-corrected chi connectivity index (χ3v) is 4.68. The van der Waals surface area contributed by atoms with Crippen LogP contribution in [0, 0.1) is 5.82 Å². The fraction of sp³-hybridized carbons (Fsp3) is 0.350. The highest BCUT2D eigenvalue weighted by Crippen LogP contribution is 2.25. The summed E-state index contributed by atoms with van der Waals surface area (Å²) < 4.78 is 43.4. The number of carbonyl (C=O) groups excluding carboxylic acids is 1. The van der Waals surface area contributed by atoms with E-state index < -0.39 is 12.3 Å². The lowest BCUT2D eigenvalue weighted by Gasteiger charge is -2.25. The van der Waals surface area contributed by atoms with Crippen LogP contribution in [-0.4, -0.2) is 44.1 Å². The maximum Gasteiger partial charge on any atom is 0.314 e. The number of halogens is 3. The molecule has 1 saturated heterocycles. The summed E-state index contributed by atoms with van der Waals surface area (Å²) in [5.41, 5.74) is 1.05. The molecule has 1 fully saturated rings. The van der Waals surface area contributed by atoms with E-state index in [1.54, 1.807) is 17.0 Å². The van der Waals surface area contributed by atoms with Crippen molar-refractivity contribution in [3.63, 3.8) is 0 Å². The minimum absolute atomic E-state index is 0. The molecule has 0 aliphatic carbocycles. The van der Waals surface area contributed by atoms with Crippen LogP contribution < -0.4 is 5.32 Å². The lowest BCUT2D eigenvalue weighted by atomic mass is 10.1. The van der Waals surface area contributed by atoms with Gasteiger partial charge in [-0.2, -0.15) is 8.78 Å². The van der Waals surface area contributed by atoms with Crippen molar-refractivity contribution in [2.24, 2.45) is 0 Å². The molecule has 1 unspecified atom stereocenters. The third kappa shape index (κ3) is 5.16. The number of hydrogen-bond donors (Lipinski definition) is 1. The van der Waals surface area contributed by atoms with Crippen LogP contribution in [0.5, 0.6) is 0 Å². The van der Waals surface area contributed by atoms with Gasteiger partial charge < -0.3 is 14.6 Å². The summed E-state index contributed by atoms with van der Waals surface area (Å²) in [7, 11) is 0. The Kier molecular flexibility index (Phi) is 6.83. The van der Waals surface area contributed by atoms with E-state index in [4.69, 9.17) is 4.42 Å². The Morgan fingerprint density at radius 2 is 1.84 bits per heavy atom. The van der Waals surface area contributed by atoms with Crippen LogP contribution in [0.4, 0.5) is 19.1 Å². The molecule has 0 bridgehead atoms. The van der Waals surface area contributed by atoms with Gasteiger partial charge in [-0.05, 0) is 24.1 Å². The first-order valence-corrected chi connectivity index (χ1v) is 9.23. The Bertz CT molecular complexity index is 1010. The summed E-state index contributed by atoms with van der Waals surface area (Å²) in [6.45, 7) is 1.03. The summed E-state index contributed by atoms with van der Waals surface area (Å²) in [5, 5.41) is 9.96. The van der Waals surface area contributed by atoms with Crippen molar-refractivity contribution < 1.29 is 22.4 Å². The van der Waals surface area contributed by atoms with Crippen molar-refractivity contribution in [2.45, 2.75) is 32.7 Å². The first-order valence-electron chi connectivity index (χ1n) is 9.23. The lowest BCUT2D eigenvalue weighted by Crippen LogP contribution is -2.33. The first-order chi connectivity index (χ1) is 14.5. The predicted molar refractivity (Wildman–Crippen MR) is 106 cm³/mol. The fourth-order valence-electron chi connectivity index (χ4n) is 3.16. The minimum Gasteiger partial charge on any atom is -0.415 e. The summed E-state index contributed by atoms with van der Waals surface area (Å²) >= 11 is 0. The Hall–Kier alpha value is -3.50. The van der Waals surface area contributed by atoms with Gasteiger partial charge in [0.25, 0.3) is 11.8 Å². The molecule has 8 nitrogen and oxygen atoms in total. The fourth-order valence-corrected chi connectivity index (χ4v) is 3.16. The predicted octanol–water partition coefficient (Wildman–Crippen LogP) is 4.02. The molecule has 1 N–H and O–H groups in total. The average Bonchev–Trinajstić information content (AvgIpc) is 3.38. The van der Waals surface area contributed by atoms with Crippen LogP contribution in [0.2, 0.25) is 0 Å². The van der Waals surface area contributed by atoms with Gasteiger partial charge in [0.15, 0.2) is 0 Å². The molecule has 1 amide bonds. The highest BCUT2D eigenvalue weighted by molar-refractivity contribution is 5.78. The van der Waals surface area contributed by atoms with E-state index in [0.29, 0.717) is 19.5 Å². The molecule has 1 atom stereocenters. The zero-order chi connectivity index (χ0) is 21.1. The van der Waals surface area contributed by atoms with Gasteiger partial charge >= 0.3 is 6.43 Å². The number of likely N-dealkylation sites (tertiary alicyclic amines) is 1.